The van der Waals surface area contributed by atoms with Crippen LogP contribution in [-0.4, -0.2) is 22.6 Å². The largest absolute Gasteiger partial charge is 0.465 e. The Morgan fingerprint density at radius 1 is 1.24 bits per heavy atom. The summed E-state index contributed by atoms with van der Waals surface area (Å²) in [6, 6.07) is 13.7. The molecule has 0 aliphatic heterocycles. The van der Waals surface area contributed by atoms with E-state index in [0.717, 1.165) is 23.1 Å². The van der Waals surface area contributed by atoms with Crippen molar-refractivity contribution in [1.82, 2.24) is 9.55 Å². The standard InChI is InChI=1S/C17H16N2O2/c1-3-12-6-4-5-7-15(12)19-11-18-14-10-13(17(20)21-2)8-9-16(14)19/h4-11H,3H2,1-2H3. The lowest BCUT2D eigenvalue weighted by molar-refractivity contribution is 0.0601. The number of ether oxygens (including phenoxy) is 1. The Hall–Kier alpha value is -2.62. The summed E-state index contributed by atoms with van der Waals surface area (Å²) >= 11 is 0. The van der Waals surface area contributed by atoms with E-state index in [4.69, 9.17) is 4.74 Å². The van der Waals surface area contributed by atoms with E-state index in [9.17, 15) is 4.79 Å². The van der Waals surface area contributed by atoms with Gasteiger partial charge in [-0.25, -0.2) is 9.78 Å². The molecule has 106 valence electrons. The third-order valence-electron chi connectivity index (χ3n) is 3.60. The topological polar surface area (TPSA) is 44.1 Å². The molecule has 0 saturated carbocycles. The zero-order valence-corrected chi connectivity index (χ0v) is 12.0. The van der Waals surface area contributed by atoms with Crippen molar-refractivity contribution in [2.75, 3.05) is 7.11 Å². The number of aromatic nitrogens is 2. The van der Waals surface area contributed by atoms with E-state index in [1.807, 2.05) is 18.2 Å². The first kappa shape index (κ1) is 13.4. The van der Waals surface area contributed by atoms with Gasteiger partial charge in [0.15, 0.2) is 0 Å². The van der Waals surface area contributed by atoms with Crippen LogP contribution in [0.3, 0.4) is 0 Å². The molecule has 0 aliphatic rings. The van der Waals surface area contributed by atoms with Crippen LogP contribution in [0.25, 0.3) is 16.7 Å². The van der Waals surface area contributed by atoms with Crippen molar-refractivity contribution in [1.29, 1.82) is 0 Å². The highest BCUT2D eigenvalue weighted by molar-refractivity contribution is 5.93. The van der Waals surface area contributed by atoms with Gasteiger partial charge in [-0.15, -0.1) is 0 Å². The van der Waals surface area contributed by atoms with Gasteiger partial charge in [0.1, 0.15) is 6.33 Å². The third-order valence-corrected chi connectivity index (χ3v) is 3.60. The first-order valence-corrected chi connectivity index (χ1v) is 6.88. The molecule has 0 atom stereocenters. The SMILES string of the molecule is CCc1ccccc1-n1cnc2cc(C(=O)OC)ccc21. The summed E-state index contributed by atoms with van der Waals surface area (Å²) in [5.74, 6) is -0.347. The highest BCUT2D eigenvalue weighted by atomic mass is 16.5. The average molecular weight is 280 g/mol. The summed E-state index contributed by atoms with van der Waals surface area (Å²) in [4.78, 5) is 16.0. The second-order valence-corrected chi connectivity index (χ2v) is 4.79. The van der Waals surface area contributed by atoms with E-state index in [1.165, 1.54) is 12.7 Å². The van der Waals surface area contributed by atoms with Gasteiger partial charge in [-0.3, -0.25) is 4.57 Å². The van der Waals surface area contributed by atoms with Gasteiger partial charge in [-0.05, 0) is 36.2 Å². The predicted octanol–water partition coefficient (Wildman–Crippen LogP) is 3.37. The van der Waals surface area contributed by atoms with Gasteiger partial charge in [0.25, 0.3) is 0 Å². The minimum absolute atomic E-state index is 0.347. The number of benzene rings is 2. The van der Waals surface area contributed by atoms with Gasteiger partial charge in [-0.1, -0.05) is 25.1 Å². The number of fused-ring (bicyclic) bond motifs is 1. The van der Waals surface area contributed by atoms with Gasteiger partial charge in [0.05, 0.1) is 29.4 Å². The fourth-order valence-corrected chi connectivity index (χ4v) is 2.49. The first-order valence-electron chi connectivity index (χ1n) is 6.88. The average Bonchev–Trinajstić information content (AvgIpc) is 2.96. The molecule has 1 heterocycles. The summed E-state index contributed by atoms with van der Waals surface area (Å²) < 4.78 is 6.79. The van der Waals surface area contributed by atoms with E-state index < -0.39 is 0 Å². The van der Waals surface area contributed by atoms with Crippen molar-refractivity contribution in [2.24, 2.45) is 0 Å². The number of hydrogen-bond donors (Lipinski definition) is 0. The molecule has 1 aromatic heterocycles. The molecule has 3 aromatic rings. The molecule has 0 spiro atoms. The molecule has 21 heavy (non-hydrogen) atoms. The zero-order valence-electron chi connectivity index (χ0n) is 12.0. The van der Waals surface area contributed by atoms with E-state index in [-0.39, 0.29) is 5.97 Å². The van der Waals surface area contributed by atoms with Crippen molar-refractivity contribution in [3.63, 3.8) is 0 Å². The minimum Gasteiger partial charge on any atom is -0.465 e. The van der Waals surface area contributed by atoms with Gasteiger partial charge >= 0.3 is 5.97 Å². The molecule has 0 saturated heterocycles. The van der Waals surface area contributed by atoms with E-state index >= 15 is 0 Å². The first-order chi connectivity index (χ1) is 10.2. The van der Waals surface area contributed by atoms with Crippen molar-refractivity contribution in [3.05, 3.63) is 59.9 Å². The molecule has 0 radical (unpaired) electrons. The van der Waals surface area contributed by atoms with Gasteiger partial charge < -0.3 is 4.74 Å². The maximum Gasteiger partial charge on any atom is 0.337 e. The number of rotatable bonds is 3. The van der Waals surface area contributed by atoms with Gasteiger partial charge in [0.2, 0.25) is 0 Å². The molecule has 0 amide bonds. The Balaban J connectivity index is 2.15. The van der Waals surface area contributed by atoms with Crippen LogP contribution in [0.15, 0.2) is 48.8 Å². The summed E-state index contributed by atoms with van der Waals surface area (Å²) in [5.41, 5.74) is 4.65. The molecule has 0 N–H and O–H groups in total. The number of hydrogen-bond acceptors (Lipinski definition) is 3. The Labute approximate surface area is 123 Å². The number of esters is 1. The predicted molar refractivity (Wildman–Crippen MR) is 81.8 cm³/mol. The van der Waals surface area contributed by atoms with Crippen LogP contribution in [-0.2, 0) is 11.2 Å². The van der Waals surface area contributed by atoms with Gasteiger partial charge in [0, 0.05) is 0 Å². The number of imidazole rings is 1. The lowest BCUT2D eigenvalue weighted by atomic mass is 10.1. The molecular weight excluding hydrogens is 264 g/mol. The molecule has 3 rings (SSSR count). The minimum atomic E-state index is -0.347. The molecule has 2 aromatic carbocycles. The monoisotopic (exact) mass is 280 g/mol. The Bertz CT molecular complexity index is 805. The van der Waals surface area contributed by atoms with Crippen LogP contribution < -0.4 is 0 Å². The molecule has 0 unspecified atom stereocenters. The number of nitrogens with zero attached hydrogens (tertiary/aromatic N) is 2. The molecule has 0 fully saturated rings. The Kier molecular flexibility index (Phi) is 3.44. The van der Waals surface area contributed by atoms with Crippen molar-refractivity contribution >= 4 is 17.0 Å². The highest BCUT2D eigenvalue weighted by Gasteiger charge is 2.11. The smallest absolute Gasteiger partial charge is 0.337 e. The van der Waals surface area contributed by atoms with Crippen LogP contribution in [0.1, 0.15) is 22.8 Å². The van der Waals surface area contributed by atoms with E-state index in [1.54, 1.807) is 18.5 Å². The molecule has 0 aliphatic carbocycles. The summed E-state index contributed by atoms with van der Waals surface area (Å²) in [6.07, 6.45) is 2.75. The fourth-order valence-electron chi connectivity index (χ4n) is 2.49. The van der Waals surface area contributed by atoms with E-state index in [0.29, 0.717) is 5.56 Å². The van der Waals surface area contributed by atoms with Crippen LogP contribution in [0.4, 0.5) is 0 Å². The summed E-state index contributed by atoms with van der Waals surface area (Å²) in [5, 5.41) is 0. The number of methoxy groups -OCH3 is 1. The number of carbonyl (C=O) groups excluding carboxylic acids is 1. The fraction of sp³-hybridized carbons (Fsp3) is 0.176. The van der Waals surface area contributed by atoms with Crippen molar-refractivity contribution in [3.8, 4) is 5.69 Å². The number of aryl methyl sites for hydroxylation is 1. The molecule has 4 heteroatoms. The van der Waals surface area contributed by atoms with Crippen LogP contribution in [0.5, 0.6) is 0 Å². The Morgan fingerprint density at radius 2 is 2.05 bits per heavy atom. The quantitative estimate of drug-likeness (QED) is 0.691. The zero-order chi connectivity index (χ0) is 14.8. The van der Waals surface area contributed by atoms with Gasteiger partial charge in [-0.2, -0.15) is 0 Å². The van der Waals surface area contributed by atoms with Crippen LogP contribution >= 0.6 is 0 Å². The summed E-state index contributed by atoms with van der Waals surface area (Å²) in [7, 11) is 1.38. The lowest BCUT2D eigenvalue weighted by Crippen LogP contribution is -2.01. The Morgan fingerprint density at radius 3 is 2.81 bits per heavy atom. The third kappa shape index (κ3) is 2.29. The highest BCUT2D eigenvalue weighted by Crippen LogP contribution is 2.22. The normalized spacial score (nSPS) is 10.8. The maximum absolute atomic E-state index is 11.6. The molecule has 4 nitrogen and oxygen atoms in total. The lowest BCUT2D eigenvalue weighted by Gasteiger charge is -2.09. The van der Waals surface area contributed by atoms with Crippen LogP contribution in [0, 0.1) is 0 Å². The van der Waals surface area contributed by atoms with E-state index in [2.05, 4.69) is 28.6 Å². The van der Waals surface area contributed by atoms with Crippen molar-refractivity contribution < 1.29 is 9.53 Å². The second-order valence-electron chi connectivity index (χ2n) is 4.79. The van der Waals surface area contributed by atoms with Crippen LogP contribution in [0.2, 0.25) is 0 Å². The molecular formula is C17H16N2O2. The van der Waals surface area contributed by atoms with Crippen molar-refractivity contribution in [2.45, 2.75) is 13.3 Å². The second kappa shape index (κ2) is 5.40. The number of carbonyl (C=O) groups is 1. The number of para-hydroxylation sites is 1. The molecule has 0 bridgehead atoms. The maximum atomic E-state index is 11.6. The summed E-state index contributed by atoms with van der Waals surface area (Å²) in [6.45, 7) is 2.13.